The Morgan fingerprint density at radius 2 is 1.90 bits per heavy atom. The van der Waals surface area contributed by atoms with Crippen molar-refractivity contribution in [2.24, 2.45) is 0 Å². The molecule has 1 N–H and O–H groups in total. The van der Waals surface area contributed by atoms with Crippen LogP contribution in [-0.4, -0.2) is 13.2 Å². The van der Waals surface area contributed by atoms with Gasteiger partial charge in [-0.15, -0.1) is 0 Å². The van der Waals surface area contributed by atoms with Gasteiger partial charge in [0.05, 0.1) is 12.6 Å². The minimum atomic E-state index is 0.0935. The van der Waals surface area contributed by atoms with Crippen LogP contribution in [0.5, 0.6) is 0 Å². The molecule has 0 saturated carbocycles. The van der Waals surface area contributed by atoms with Gasteiger partial charge >= 0.3 is 0 Å². The summed E-state index contributed by atoms with van der Waals surface area (Å²) in [4.78, 5) is 0. The van der Waals surface area contributed by atoms with Crippen molar-refractivity contribution >= 4 is 0 Å². The molecule has 2 aromatic rings. The normalized spacial score (nSPS) is 19.0. The fourth-order valence-corrected chi connectivity index (χ4v) is 3.24. The van der Waals surface area contributed by atoms with E-state index in [2.05, 4.69) is 67.7 Å². The Bertz CT molecular complexity index is 608. The van der Waals surface area contributed by atoms with Crippen LogP contribution in [0.2, 0.25) is 0 Å². The van der Waals surface area contributed by atoms with Crippen molar-refractivity contribution in [1.82, 2.24) is 5.32 Å². The summed E-state index contributed by atoms with van der Waals surface area (Å²) < 4.78 is 6.17. The van der Waals surface area contributed by atoms with Gasteiger partial charge in [-0.3, -0.25) is 0 Å². The summed E-state index contributed by atoms with van der Waals surface area (Å²) in [5.41, 5.74) is 5.40. The molecule has 2 unspecified atom stereocenters. The minimum Gasteiger partial charge on any atom is -0.371 e. The van der Waals surface area contributed by atoms with Crippen LogP contribution in [0.15, 0.2) is 48.5 Å². The molecule has 0 radical (unpaired) electrons. The SMILES string of the molecule is CCNC(c1ccccc1C)C1OCCc2ccccc21. The second-order valence-corrected chi connectivity index (χ2v) is 5.63. The summed E-state index contributed by atoms with van der Waals surface area (Å²) in [7, 11) is 0. The molecule has 2 heteroatoms. The molecule has 0 bridgehead atoms. The van der Waals surface area contributed by atoms with E-state index in [0.29, 0.717) is 0 Å². The maximum Gasteiger partial charge on any atom is 0.102 e. The van der Waals surface area contributed by atoms with E-state index in [1.807, 2.05) is 0 Å². The van der Waals surface area contributed by atoms with Crippen LogP contribution in [0, 0.1) is 6.92 Å². The number of aryl methyl sites for hydroxylation is 1. The first kappa shape index (κ1) is 14.3. The topological polar surface area (TPSA) is 21.3 Å². The van der Waals surface area contributed by atoms with Gasteiger partial charge in [0.2, 0.25) is 0 Å². The standard InChI is InChI=1S/C19H23NO/c1-3-20-18(16-10-6-4-8-14(16)2)19-17-11-7-5-9-15(17)12-13-21-19/h4-11,18-20H,3,12-13H2,1-2H3. The maximum atomic E-state index is 6.17. The van der Waals surface area contributed by atoms with E-state index in [1.165, 1.54) is 22.3 Å². The largest absolute Gasteiger partial charge is 0.371 e. The van der Waals surface area contributed by atoms with Crippen LogP contribution < -0.4 is 5.32 Å². The molecule has 1 heterocycles. The number of ether oxygens (including phenoxy) is 1. The monoisotopic (exact) mass is 281 g/mol. The molecular weight excluding hydrogens is 258 g/mol. The smallest absolute Gasteiger partial charge is 0.102 e. The second-order valence-electron chi connectivity index (χ2n) is 5.63. The van der Waals surface area contributed by atoms with Crippen LogP contribution in [0.3, 0.4) is 0 Å². The molecule has 0 aliphatic carbocycles. The summed E-state index contributed by atoms with van der Waals surface area (Å²) in [6.45, 7) is 6.06. The molecule has 0 spiro atoms. The van der Waals surface area contributed by atoms with Gasteiger partial charge in [-0.1, -0.05) is 55.5 Å². The fraction of sp³-hybridized carbons (Fsp3) is 0.368. The van der Waals surface area contributed by atoms with Gasteiger partial charge in [-0.25, -0.2) is 0 Å². The van der Waals surface area contributed by atoms with Gasteiger partial charge in [0.1, 0.15) is 6.10 Å². The lowest BCUT2D eigenvalue weighted by atomic mass is 9.88. The number of hydrogen-bond acceptors (Lipinski definition) is 2. The van der Waals surface area contributed by atoms with Crippen LogP contribution >= 0.6 is 0 Å². The summed E-state index contributed by atoms with van der Waals surface area (Å²) in [6, 6.07) is 17.5. The molecule has 3 rings (SSSR count). The number of nitrogens with one attached hydrogen (secondary N) is 1. The number of rotatable bonds is 4. The van der Waals surface area contributed by atoms with Crippen molar-refractivity contribution in [3.63, 3.8) is 0 Å². The molecule has 21 heavy (non-hydrogen) atoms. The van der Waals surface area contributed by atoms with Crippen molar-refractivity contribution in [1.29, 1.82) is 0 Å². The fourth-order valence-electron chi connectivity index (χ4n) is 3.24. The first-order valence-corrected chi connectivity index (χ1v) is 7.79. The van der Waals surface area contributed by atoms with Gasteiger partial charge in [-0.2, -0.15) is 0 Å². The highest BCUT2D eigenvalue weighted by molar-refractivity contribution is 5.36. The van der Waals surface area contributed by atoms with E-state index < -0.39 is 0 Å². The molecule has 0 amide bonds. The Kier molecular flexibility index (Phi) is 4.37. The second kappa shape index (κ2) is 6.42. The van der Waals surface area contributed by atoms with E-state index in [9.17, 15) is 0 Å². The molecule has 0 saturated heterocycles. The molecule has 0 fully saturated rings. The Morgan fingerprint density at radius 1 is 1.14 bits per heavy atom. The Labute approximate surface area is 127 Å². The van der Waals surface area contributed by atoms with Gasteiger partial charge in [0, 0.05) is 0 Å². The molecule has 2 aromatic carbocycles. The molecular formula is C19H23NO. The van der Waals surface area contributed by atoms with Gasteiger partial charge < -0.3 is 10.1 Å². The summed E-state index contributed by atoms with van der Waals surface area (Å²) >= 11 is 0. The van der Waals surface area contributed by atoms with Crippen molar-refractivity contribution in [2.75, 3.05) is 13.2 Å². The van der Waals surface area contributed by atoms with Crippen LogP contribution in [0.25, 0.3) is 0 Å². The summed E-state index contributed by atoms with van der Waals surface area (Å²) in [6.07, 6.45) is 1.11. The molecule has 0 aromatic heterocycles. The summed E-state index contributed by atoms with van der Waals surface area (Å²) in [5.74, 6) is 0. The maximum absolute atomic E-state index is 6.17. The van der Waals surface area contributed by atoms with E-state index >= 15 is 0 Å². The van der Waals surface area contributed by atoms with Crippen molar-refractivity contribution in [2.45, 2.75) is 32.4 Å². The molecule has 1 aliphatic rings. The van der Waals surface area contributed by atoms with Gasteiger partial charge in [0.15, 0.2) is 0 Å². The minimum absolute atomic E-state index is 0.0935. The third-order valence-corrected chi connectivity index (χ3v) is 4.28. The van der Waals surface area contributed by atoms with Crippen LogP contribution in [0.4, 0.5) is 0 Å². The van der Waals surface area contributed by atoms with Crippen molar-refractivity contribution in [3.8, 4) is 0 Å². The predicted octanol–water partition coefficient (Wildman–Crippen LogP) is 3.96. The zero-order valence-electron chi connectivity index (χ0n) is 12.8. The van der Waals surface area contributed by atoms with Crippen LogP contribution in [-0.2, 0) is 11.2 Å². The molecule has 1 aliphatic heterocycles. The Morgan fingerprint density at radius 3 is 2.71 bits per heavy atom. The lowest BCUT2D eigenvalue weighted by Gasteiger charge is -2.34. The lowest BCUT2D eigenvalue weighted by molar-refractivity contribution is 0.0150. The molecule has 2 atom stereocenters. The highest BCUT2D eigenvalue weighted by Crippen LogP contribution is 2.37. The third kappa shape index (κ3) is 2.87. The highest BCUT2D eigenvalue weighted by Gasteiger charge is 2.30. The average Bonchev–Trinajstić information content (AvgIpc) is 2.53. The first-order valence-electron chi connectivity index (χ1n) is 7.79. The first-order chi connectivity index (χ1) is 10.3. The van der Waals surface area contributed by atoms with E-state index in [4.69, 9.17) is 4.74 Å². The quantitative estimate of drug-likeness (QED) is 0.916. The van der Waals surface area contributed by atoms with Gasteiger partial charge in [-0.05, 0) is 42.1 Å². The predicted molar refractivity (Wildman–Crippen MR) is 86.4 cm³/mol. The molecule has 2 nitrogen and oxygen atoms in total. The van der Waals surface area contributed by atoms with Crippen molar-refractivity contribution in [3.05, 3.63) is 70.8 Å². The molecule has 110 valence electrons. The Balaban J connectivity index is 2.01. The highest BCUT2D eigenvalue weighted by atomic mass is 16.5. The zero-order valence-corrected chi connectivity index (χ0v) is 12.8. The van der Waals surface area contributed by atoms with Gasteiger partial charge in [0.25, 0.3) is 0 Å². The lowest BCUT2D eigenvalue weighted by Crippen LogP contribution is -2.32. The average molecular weight is 281 g/mol. The number of hydrogen-bond donors (Lipinski definition) is 1. The zero-order chi connectivity index (χ0) is 14.7. The summed E-state index contributed by atoms with van der Waals surface area (Å²) in [5, 5.41) is 3.63. The number of likely N-dealkylation sites (N-methyl/N-ethyl adjacent to an activating group) is 1. The van der Waals surface area contributed by atoms with E-state index in [0.717, 1.165) is 19.6 Å². The van der Waals surface area contributed by atoms with E-state index in [1.54, 1.807) is 0 Å². The number of benzene rings is 2. The van der Waals surface area contributed by atoms with Crippen LogP contribution in [0.1, 0.15) is 41.3 Å². The van der Waals surface area contributed by atoms with E-state index in [-0.39, 0.29) is 12.1 Å². The Hall–Kier alpha value is -1.64. The van der Waals surface area contributed by atoms with Crippen molar-refractivity contribution < 1.29 is 4.74 Å². The third-order valence-electron chi connectivity index (χ3n) is 4.28. The number of fused-ring (bicyclic) bond motifs is 1.